The Labute approximate surface area is 470 Å². The van der Waals surface area contributed by atoms with Gasteiger partial charge < -0.3 is 27.9 Å². The molecule has 0 rings (SSSR count). The molecule has 0 spiro atoms. The van der Waals surface area contributed by atoms with E-state index in [9.17, 15) is 19.0 Å². The minimum absolute atomic E-state index is 0.0333. The van der Waals surface area contributed by atoms with Crippen molar-refractivity contribution in [3.8, 4) is 0 Å². The molecule has 0 radical (unpaired) electrons. The van der Waals surface area contributed by atoms with Crippen molar-refractivity contribution < 1.29 is 42.1 Å². The van der Waals surface area contributed by atoms with E-state index in [1.807, 2.05) is 21.1 Å². The van der Waals surface area contributed by atoms with Crippen molar-refractivity contribution in [2.24, 2.45) is 0 Å². The van der Waals surface area contributed by atoms with E-state index in [1.54, 1.807) is 0 Å². The van der Waals surface area contributed by atoms with E-state index < -0.39 is 26.5 Å². The van der Waals surface area contributed by atoms with Gasteiger partial charge in [-0.05, 0) is 77.0 Å². The molecular weight excluding hydrogens is 966 g/mol. The van der Waals surface area contributed by atoms with E-state index in [1.165, 1.54) is 193 Å². The van der Waals surface area contributed by atoms with Crippen LogP contribution >= 0.6 is 7.82 Å². The summed E-state index contributed by atoms with van der Waals surface area (Å²) >= 11 is 0. The number of esters is 2. The molecule has 76 heavy (non-hydrogen) atoms. The van der Waals surface area contributed by atoms with Gasteiger partial charge in [-0.15, -0.1) is 0 Å². The number of nitrogens with zero attached hydrogens (tertiary/aromatic N) is 1. The maximum Gasteiger partial charge on any atom is 0.306 e. The van der Waals surface area contributed by atoms with Gasteiger partial charge in [-0.2, -0.15) is 0 Å². The van der Waals surface area contributed by atoms with Crippen molar-refractivity contribution in [2.45, 2.75) is 302 Å². The van der Waals surface area contributed by atoms with Crippen LogP contribution in [0.25, 0.3) is 0 Å². The molecule has 0 saturated carbocycles. The van der Waals surface area contributed by atoms with Crippen molar-refractivity contribution in [3.63, 3.8) is 0 Å². The van der Waals surface area contributed by atoms with Gasteiger partial charge in [0.15, 0.2) is 6.10 Å². The van der Waals surface area contributed by atoms with Crippen LogP contribution in [-0.4, -0.2) is 70.0 Å². The van der Waals surface area contributed by atoms with Gasteiger partial charge in [0, 0.05) is 12.8 Å². The molecule has 2 atom stereocenters. The van der Waals surface area contributed by atoms with E-state index in [-0.39, 0.29) is 32.0 Å². The normalized spacial score (nSPS) is 13.6. The second kappa shape index (κ2) is 57.4. The molecule has 0 aromatic heterocycles. The summed E-state index contributed by atoms with van der Waals surface area (Å²) in [6.07, 6.45) is 74.3. The summed E-state index contributed by atoms with van der Waals surface area (Å²) in [5, 5.41) is 0. The molecule has 2 unspecified atom stereocenters. The van der Waals surface area contributed by atoms with Crippen LogP contribution < -0.4 is 4.89 Å². The first kappa shape index (κ1) is 73.7. The number of rotatable bonds is 59. The predicted molar refractivity (Wildman–Crippen MR) is 323 cm³/mol. The SMILES string of the molecule is CC/C=C\C/C=C\C/C=C\C/C=C\CCCCCCCCCCC(=O)OC(COC(=O)CCCCCCCCCCCCCCCCCCCCC/C=C\CCCCCCCCCC)COP(=O)([O-])OCC[N+](C)(C)C. The summed E-state index contributed by atoms with van der Waals surface area (Å²) in [7, 11) is 1.16. The molecule has 444 valence electrons. The molecule has 0 aromatic rings. The van der Waals surface area contributed by atoms with E-state index >= 15 is 0 Å². The smallest absolute Gasteiger partial charge is 0.306 e. The van der Waals surface area contributed by atoms with Crippen molar-refractivity contribution in [1.29, 1.82) is 0 Å². The molecule has 0 aromatic carbocycles. The largest absolute Gasteiger partial charge is 0.756 e. The summed E-state index contributed by atoms with van der Waals surface area (Å²) in [5.74, 6) is -0.833. The molecule has 0 aliphatic heterocycles. The monoisotopic (exact) mass is 1090 g/mol. The van der Waals surface area contributed by atoms with Crippen LogP contribution in [0.2, 0.25) is 0 Å². The van der Waals surface area contributed by atoms with Gasteiger partial charge in [0.1, 0.15) is 19.8 Å². The number of carbonyl (C=O) groups is 2. The first-order valence-corrected chi connectivity index (χ1v) is 33.5. The summed E-state index contributed by atoms with van der Waals surface area (Å²) in [6.45, 7) is 4.15. The van der Waals surface area contributed by atoms with E-state index in [2.05, 4.69) is 74.6 Å². The zero-order chi connectivity index (χ0) is 55.6. The van der Waals surface area contributed by atoms with Gasteiger partial charge >= 0.3 is 11.9 Å². The van der Waals surface area contributed by atoms with Gasteiger partial charge in [0.2, 0.25) is 0 Å². The van der Waals surface area contributed by atoms with Crippen molar-refractivity contribution in [1.82, 2.24) is 0 Å². The van der Waals surface area contributed by atoms with E-state index in [0.717, 1.165) is 70.6 Å². The lowest BCUT2D eigenvalue weighted by Crippen LogP contribution is -2.37. The van der Waals surface area contributed by atoms with Gasteiger partial charge in [0.05, 0.1) is 27.7 Å². The van der Waals surface area contributed by atoms with Crippen molar-refractivity contribution >= 4 is 19.8 Å². The second-order valence-corrected chi connectivity index (χ2v) is 24.2. The van der Waals surface area contributed by atoms with Crippen LogP contribution in [0.3, 0.4) is 0 Å². The zero-order valence-corrected chi connectivity index (χ0v) is 51.3. The molecule has 9 nitrogen and oxygen atoms in total. The molecule has 0 aliphatic rings. The first-order chi connectivity index (χ1) is 37.0. The van der Waals surface area contributed by atoms with Crippen LogP contribution in [0.4, 0.5) is 0 Å². The summed E-state index contributed by atoms with van der Waals surface area (Å²) < 4.78 is 34.2. The molecule has 0 heterocycles. The zero-order valence-electron chi connectivity index (χ0n) is 50.5. The number of phosphoric acid groups is 1. The Morgan fingerprint density at radius 3 is 1.13 bits per heavy atom. The van der Waals surface area contributed by atoms with Gasteiger partial charge in [0.25, 0.3) is 7.82 Å². The summed E-state index contributed by atoms with van der Waals surface area (Å²) in [6, 6.07) is 0. The Morgan fingerprint density at radius 1 is 0.421 bits per heavy atom. The predicted octanol–water partition coefficient (Wildman–Crippen LogP) is 19.6. The van der Waals surface area contributed by atoms with Gasteiger partial charge in [-0.3, -0.25) is 14.2 Å². The molecule has 0 aliphatic carbocycles. The minimum atomic E-state index is -4.64. The quantitative estimate of drug-likeness (QED) is 0.0195. The van der Waals surface area contributed by atoms with Crippen LogP contribution in [0.5, 0.6) is 0 Å². The van der Waals surface area contributed by atoms with Crippen LogP contribution in [0.1, 0.15) is 296 Å². The van der Waals surface area contributed by atoms with Gasteiger partial charge in [-0.1, -0.05) is 267 Å². The van der Waals surface area contributed by atoms with Crippen LogP contribution in [-0.2, 0) is 32.7 Å². The molecule has 0 N–H and O–H groups in total. The van der Waals surface area contributed by atoms with Crippen molar-refractivity contribution in [2.75, 3.05) is 47.5 Å². The van der Waals surface area contributed by atoms with Crippen LogP contribution in [0, 0.1) is 0 Å². The highest BCUT2D eigenvalue weighted by Gasteiger charge is 2.22. The number of likely N-dealkylation sites (N-methyl/N-ethyl adjacent to an activating group) is 1. The fourth-order valence-corrected chi connectivity index (χ4v) is 9.84. The highest BCUT2D eigenvalue weighted by Crippen LogP contribution is 2.38. The number of hydrogen-bond donors (Lipinski definition) is 0. The number of hydrogen-bond acceptors (Lipinski definition) is 8. The third kappa shape index (κ3) is 60.9. The molecule has 0 saturated heterocycles. The van der Waals surface area contributed by atoms with E-state index in [4.69, 9.17) is 18.5 Å². The lowest BCUT2D eigenvalue weighted by atomic mass is 10.0. The Kier molecular flexibility index (Phi) is 55.7. The average Bonchev–Trinajstić information content (AvgIpc) is 3.38. The highest BCUT2D eigenvalue weighted by atomic mass is 31.2. The number of carbonyl (C=O) groups excluding carboxylic acids is 2. The number of ether oxygens (including phenoxy) is 2. The van der Waals surface area contributed by atoms with E-state index in [0.29, 0.717) is 17.4 Å². The molecule has 10 heteroatoms. The molecule has 0 bridgehead atoms. The number of quaternary nitrogens is 1. The van der Waals surface area contributed by atoms with Gasteiger partial charge in [-0.25, -0.2) is 0 Å². The summed E-state index contributed by atoms with van der Waals surface area (Å²) in [5.41, 5.74) is 0. The third-order valence-electron chi connectivity index (χ3n) is 14.0. The standard InChI is InChI=1S/C66H122NO8P/c1-6-8-10-12-14-16-18-20-22-24-26-28-29-30-31-32-33-34-35-36-37-39-40-42-44-46-48-50-52-54-56-58-65(68)72-62-64(63-74-76(70,71)73-61-60-67(3,4)5)75-66(69)59-57-55-53-51-49-47-45-43-41-38-27-25-23-21-19-17-15-13-11-9-7-2/h9,11,15,17,21,23-24,26-27,38,64H,6-8,10,12-14,16,18-20,22,25,28-37,39-63H2,1-5H3/b11-9-,17-15-,23-21-,26-24-,38-27-. The fourth-order valence-electron chi connectivity index (χ4n) is 9.12. The Hall–Kier alpha value is -2.29. The minimum Gasteiger partial charge on any atom is -0.756 e. The highest BCUT2D eigenvalue weighted by molar-refractivity contribution is 7.45. The molecular formula is C66H122NO8P. The Bertz CT molecular complexity index is 1470. The molecule has 0 amide bonds. The third-order valence-corrected chi connectivity index (χ3v) is 15.0. The lowest BCUT2D eigenvalue weighted by Gasteiger charge is -2.28. The average molecular weight is 1090 g/mol. The van der Waals surface area contributed by atoms with Crippen molar-refractivity contribution in [3.05, 3.63) is 60.8 Å². The lowest BCUT2D eigenvalue weighted by molar-refractivity contribution is -0.870. The second-order valence-electron chi connectivity index (χ2n) is 22.7. The number of allylic oxidation sites excluding steroid dienone is 10. The first-order valence-electron chi connectivity index (χ1n) is 32.0. The fraction of sp³-hybridized carbons (Fsp3) is 0.818. The maximum atomic E-state index is 12.8. The van der Waals surface area contributed by atoms with Crippen LogP contribution in [0.15, 0.2) is 60.8 Å². The Balaban J connectivity index is 4.05. The number of phosphoric ester groups is 1. The number of unbranched alkanes of at least 4 members (excludes halogenated alkanes) is 35. The maximum absolute atomic E-state index is 12.8. The molecule has 0 fully saturated rings. The topological polar surface area (TPSA) is 111 Å². The summed E-state index contributed by atoms with van der Waals surface area (Å²) in [4.78, 5) is 37.9. The Morgan fingerprint density at radius 2 is 0.750 bits per heavy atom.